The number of amides is 1. The molecule has 0 atom stereocenters. The number of hydrogen-bond acceptors (Lipinski definition) is 2. The maximum atomic E-state index is 11.4. The van der Waals surface area contributed by atoms with Gasteiger partial charge in [0, 0.05) is 27.8 Å². The van der Waals surface area contributed by atoms with Gasteiger partial charge in [0.2, 0.25) is 5.91 Å². The number of halogens is 1. The van der Waals surface area contributed by atoms with Crippen LogP contribution in [0.25, 0.3) is 21.9 Å². The quantitative estimate of drug-likeness (QED) is 0.764. The molecule has 0 aliphatic carbocycles. The van der Waals surface area contributed by atoms with E-state index in [2.05, 4.69) is 27.0 Å². The second kappa shape index (κ2) is 5.30. The summed E-state index contributed by atoms with van der Waals surface area (Å²) in [7, 11) is 0. The first-order valence-corrected chi connectivity index (χ1v) is 7.29. The molecule has 1 heterocycles. The number of carbonyl (C=O) groups excluding carboxylic acids is 1. The average molecular weight is 341 g/mol. The predicted octanol–water partition coefficient (Wildman–Crippen LogP) is 4.07. The fourth-order valence-corrected chi connectivity index (χ4v) is 2.87. The van der Waals surface area contributed by atoms with E-state index in [1.54, 1.807) is 12.3 Å². The van der Waals surface area contributed by atoms with Gasteiger partial charge in [-0.05, 0) is 63.1 Å². The van der Waals surface area contributed by atoms with Crippen molar-refractivity contribution >= 4 is 32.6 Å². The first-order chi connectivity index (χ1) is 10.1. The lowest BCUT2D eigenvalue weighted by Gasteiger charge is -2.09. The third-order valence-electron chi connectivity index (χ3n) is 3.54. The Morgan fingerprint density at radius 2 is 1.95 bits per heavy atom. The number of carbonyl (C=O) groups is 1. The highest BCUT2D eigenvalue weighted by Gasteiger charge is 2.08. The molecule has 3 rings (SSSR count). The van der Waals surface area contributed by atoms with E-state index >= 15 is 0 Å². The summed E-state index contributed by atoms with van der Waals surface area (Å²) in [5.41, 5.74) is 9.03. The highest BCUT2D eigenvalue weighted by Crippen LogP contribution is 2.30. The third kappa shape index (κ3) is 2.54. The van der Waals surface area contributed by atoms with E-state index in [-0.39, 0.29) is 0 Å². The first kappa shape index (κ1) is 13.8. The third-order valence-corrected chi connectivity index (χ3v) is 4.18. The Labute approximate surface area is 130 Å². The number of nitrogens with two attached hydrogens (primary N) is 1. The van der Waals surface area contributed by atoms with Crippen molar-refractivity contribution in [2.45, 2.75) is 6.92 Å². The molecule has 0 fully saturated rings. The molecule has 104 valence electrons. The zero-order chi connectivity index (χ0) is 15.0. The number of rotatable bonds is 2. The van der Waals surface area contributed by atoms with Crippen molar-refractivity contribution < 1.29 is 4.79 Å². The number of primary amides is 1. The van der Waals surface area contributed by atoms with Gasteiger partial charge in [-0.25, -0.2) is 0 Å². The number of hydrogen-bond donors (Lipinski definition) is 1. The fourth-order valence-electron chi connectivity index (χ4n) is 2.39. The number of pyridine rings is 1. The summed E-state index contributed by atoms with van der Waals surface area (Å²) in [6, 6.07) is 11.7. The normalized spacial score (nSPS) is 10.8. The van der Waals surface area contributed by atoms with Crippen LogP contribution in [-0.2, 0) is 0 Å². The van der Waals surface area contributed by atoms with Crippen molar-refractivity contribution in [3.63, 3.8) is 0 Å². The van der Waals surface area contributed by atoms with Crippen LogP contribution in [0.1, 0.15) is 15.9 Å². The maximum Gasteiger partial charge on any atom is 0.248 e. The monoisotopic (exact) mass is 340 g/mol. The van der Waals surface area contributed by atoms with Gasteiger partial charge in [0.05, 0.1) is 0 Å². The van der Waals surface area contributed by atoms with Crippen molar-refractivity contribution in [2.24, 2.45) is 5.73 Å². The SMILES string of the molecule is Cc1ccc(C(N)=O)cc1-c1ccc2c(Br)cncc2c1. The molecule has 1 aromatic heterocycles. The molecular weight excluding hydrogens is 328 g/mol. The van der Waals surface area contributed by atoms with Crippen molar-refractivity contribution in [3.05, 3.63) is 64.4 Å². The Morgan fingerprint density at radius 3 is 2.71 bits per heavy atom. The largest absolute Gasteiger partial charge is 0.366 e. The van der Waals surface area contributed by atoms with Gasteiger partial charge in [-0.3, -0.25) is 9.78 Å². The van der Waals surface area contributed by atoms with Crippen LogP contribution in [0.4, 0.5) is 0 Å². The molecule has 4 heteroatoms. The van der Waals surface area contributed by atoms with Crippen LogP contribution in [-0.4, -0.2) is 10.9 Å². The van der Waals surface area contributed by atoms with Crippen LogP contribution in [0.15, 0.2) is 53.3 Å². The number of fused-ring (bicyclic) bond motifs is 1. The number of nitrogens with zero attached hydrogens (tertiary/aromatic N) is 1. The van der Waals surface area contributed by atoms with Crippen LogP contribution >= 0.6 is 15.9 Å². The topological polar surface area (TPSA) is 56.0 Å². The number of aromatic nitrogens is 1. The lowest BCUT2D eigenvalue weighted by atomic mass is 9.96. The van der Waals surface area contributed by atoms with Gasteiger partial charge in [-0.2, -0.15) is 0 Å². The lowest BCUT2D eigenvalue weighted by molar-refractivity contribution is 0.100. The van der Waals surface area contributed by atoms with E-state index < -0.39 is 5.91 Å². The van der Waals surface area contributed by atoms with E-state index in [0.29, 0.717) is 5.56 Å². The second-order valence-electron chi connectivity index (χ2n) is 4.95. The summed E-state index contributed by atoms with van der Waals surface area (Å²) in [5.74, 6) is -0.415. The number of benzene rings is 2. The molecule has 1 amide bonds. The summed E-state index contributed by atoms with van der Waals surface area (Å²) >= 11 is 3.50. The Morgan fingerprint density at radius 1 is 1.14 bits per heavy atom. The van der Waals surface area contributed by atoms with Crippen LogP contribution < -0.4 is 5.73 Å². The Bertz CT molecular complexity index is 859. The zero-order valence-electron chi connectivity index (χ0n) is 11.4. The second-order valence-corrected chi connectivity index (χ2v) is 5.81. The highest BCUT2D eigenvalue weighted by atomic mass is 79.9. The van der Waals surface area contributed by atoms with Crippen molar-refractivity contribution in [3.8, 4) is 11.1 Å². The minimum atomic E-state index is -0.415. The summed E-state index contributed by atoms with van der Waals surface area (Å²) in [5, 5.41) is 2.16. The Hall–Kier alpha value is -2.20. The Kier molecular flexibility index (Phi) is 3.47. The van der Waals surface area contributed by atoms with E-state index in [4.69, 9.17) is 5.73 Å². The number of aryl methyl sites for hydroxylation is 1. The highest BCUT2D eigenvalue weighted by molar-refractivity contribution is 9.10. The minimum absolute atomic E-state index is 0.415. The smallest absolute Gasteiger partial charge is 0.248 e. The Balaban J connectivity index is 2.20. The van der Waals surface area contributed by atoms with Crippen LogP contribution in [0.5, 0.6) is 0 Å². The van der Waals surface area contributed by atoms with Crippen molar-refractivity contribution in [2.75, 3.05) is 0 Å². The molecule has 0 aliphatic heterocycles. The van der Waals surface area contributed by atoms with Crippen molar-refractivity contribution in [1.29, 1.82) is 0 Å². The molecule has 0 saturated heterocycles. The average Bonchev–Trinajstić information content (AvgIpc) is 2.47. The molecule has 0 saturated carbocycles. The van der Waals surface area contributed by atoms with Gasteiger partial charge >= 0.3 is 0 Å². The molecule has 0 bridgehead atoms. The maximum absolute atomic E-state index is 11.4. The molecule has 3 aromatic rings. The van der Waals surface area contributed by atoms with Crippen LogP contribution in [0, 0.1) is 6.92 Å². The molecule has 0 spiro atoms. The van der Waals surface area contributed by atoms with E-state index in [0.717, 1.165) is 31.9 Å². The van der Waals surface area contributed by atoms with Gasteiger partial charge in [-0.1, -0.05) is 18.2 Å². The minimum Gasteiger partial charge on any atom is -0.366 e. The predicted molar refractivity (Wildman–Crippen MR) is 88.1 cm³/mol. The van der Waals surface area contributed by atoms with Crippen LogP contribution in [0.3, 0.4) is 0 Å². The summed E-state index contributed by atoms with van der Waals surface area (Å²) in [6.07, 6.45) is 3.61. The molecule has 0 radical (unpaired) electrons. The molecule has 0 aliphatic rings. The summed E-state index contributed by atoms with van der Waals surface area (Å²) < 4.78 is 0.967. The fraction of sp³-hybridized carbons (Fsp3) is 0.0588. The molecule has 2 aromatic carbocycles. The summed E-state index contributed by atoms with van der Waals surface area (Å²) in [6.45, 7) is 2.02. The van der Waals surface area contributed by atoms with E-state index in [1.165, 1.54) is 0 Å². The summed E-state index contributed by atoms with van der Waals surface area (Å²) in [4.78, 5) is 15.6. The molecule has 21 heavy (non-hydrogen) atoms. The van der Waals surface area contributed by atoms with Gasteiger partial charge in [-0.15, -0.1) is 0 Å². The van der Waals surface area contributed by atoms with E-state index in [9.17, 15) is 4.79 Å². The standard InChI is InChI=1S/C17H13BrN2O/c1-10-2-3-12(17(19)21)7-15(10)11-4-5-14-13(6-11)8-20-9-16(14)18/h2-9H,1H3,(H2,19,21). The van der Waals surface area contributed by atoms with Crippen molar-refractivity contribution in [1.82, 2.24) is 4.98 Å². The molecule has 0 unspecified atom stereocenters. The molecule has 3 nitrogen and oxygen atoms in total. The molecule has 2 N–H and O–H groups in total. The van der Waals surface area contributed by atoms with Gasteiger partial charge < -0.3 is 5.73 Å². The van der Waals surface area contributed by atoms with Gasteiger partial charge in [0.25, 0.3) is 0 Å². The van der Waals surface area contributed by atoms with E-state index in [1.807, 2.05) is 37.4 Å². The van der Waals surface area contributed by atoms with Gasteiger partial charge in [0.15, 0.2) is 0 Å². The first-order valence-electron chi connectivity index (χ1n) is 6.50. The van der Waals surface area contributed by atoms with Gasteiger partial charge in [0.1, 0.15) is 0 Å². The molecular formula is C17H13BrN2O. The zero-order valence-corrected chi connectivity index (χ0v) is 13.0. The van der Waals surface area contributed by atoms with Crippen LogP contribution in [0.2, 0.25) is 0 Å². The lowest BCUT2D eigenvalue weighted by Crippen LogP contribution is -2.10.